The second-order valence-electron chi connectivity index (χ2n) is 6.31. The number of rotatable bonds is 2. The fraction of sp³-hybridized carbons (Fsp3) is 0.733. The molecule has 2 saturated carbocycles. The van der Waals surface area contributed by atoms with Crippen LogP contribution in [0.25, 0.3) is 0 Å². The third kappa shape index (κ3) is 1.88. The summed E-state index contributed by atoms with van der Waals surface area (Å²) in [7, 11) is 2.17. The van der Waals surface area contributed by atoms with E-state index in [2.05, 4.69) is 33.1 Å². The van der Waals surface area contributed by atoms with Gasteiger partial charge in [-0.2, -0.15) is 0 Å². The van der Waals surface area contributed by atoms with Gasteiger partial charge in [0.15, 0.2) is 12.1 Å². The molecule has 2 aliphatic carbocycles. The van der Waals surface area contributed by atoms with Crippen molar-refractivity contribution in [3.05, 3.63) is 12.5 Å². The molecular weight excluding hydrogens is 236 g/mol. The van der Waals surface area contributed by atoms with Crippen LogP contribution in [-0.4, -0.2) is 35.6 Å². The minimum absolute atomic E-state index is 0.656. The van der Waals surface area contributed by atoms with Gasteiger partial charge in [-0.05, 0) is 31.6 Å². The molecule has 2 heterocycles. The van der Waals surface area contributed by atoms with E-state index in [4.69, 9.17) is 0 Å². The fourth-order valence-electron chi connectivity index (χ4n) is 3.85. The number of hydrogen-bond acceptors (Lipinski definition) is 4. The van der Waals surface area contributed by atoms with Crippen LogP contribution in [0.3, 0.4) is 0 Å². The quantitative estimate of drug-likeness (QED) is 0.813. The Labute approximate surface area is 114 Å². The lowest BCUT2D eigenvalue weighted by Gasteiger charge is -2.45. The van der Waals surface area contributed by atoms with Crippen molar-refractivity contribution >= 4 is 11.5 Å². The van der Waals surface area contributed by atoms with Crippen LogP contribution >= 0.6 is 0 Å². The Balaban J connectivity index is 1.75. The molecule has 0 saturated heterocycles. The molecule has 1 aromatic heterocycles. The summed E-state index contributed by atoms with van der Waals surface area (Å²) >= 11 is 0. The predicted molar refractivity (Wildman–Crippen MR) is 75.4 cm³/mol. The minimum Gasteiger partial charge on any atom is -0.368 e. The molecule has 1 aliphatic heterocycles. The molecule has 0 aromatic carbocycles. The third-order valence-corrected chi connectivity index (χ3v) is 4.99. The maximum atomic E-state index is 4.50. The van der Waals surface area contributed by atoms with E-state index in [-0.39, 0.29) is 0 Å². The van der Waals surface area contributed by atoms with Crippen molar-refractivity contribution in [1.29, 1.82) is 0 Å². The third-order valence-electron chi connectivity index (χ3n) is 4.99. The summed E-state index contributed by atoms with van der Waals surface area (Å²) in [6.07, 6.45) is 12.9. The van der Waals surface area contributed by atoms with Crippen molar-refractivity contribution in [2.75, 3.05) is 23.4 Å². The second kappa shape index (κ2) is 4.36. The highest BCUT2D eigenvalue weighted by Gasteiger charge is 2.43. The summed E-state index contributed by atoms with van der Waals surface area (Å²) in [5, 5.41) is 0. The monoisotopic (exact) mass is 257 g/mol. The standard InChI is InChI=1S/C15H21N4/c1-18-9-14(11-6-7-11)19(12-4-2-3-5-12)15-13(18)8-16-10-17-15/h8,11-12,14H,2-7,9H2,1H3. The van der Waals surface area contributed by atoms with E-state index < -0.39 is 0 Å². The Morgan fingerprint density at radius 2 is 2.00 bits per heavy atom. The zero-order valence-electron chi connectivity index (χ0n) is 11.5. The zero-order valence-corrected chi connectivity index (χ0v) is 11.5. The Morgan fingerprint density at radius 1 is 1.21 bits per heavy atom. The minimum atomic E-state index is 0.656. The normalized spacial score (nSPS) is 27.7. The number of anilines is 2. The lowest BCUT2D eigenvalue weighted by molar-refractivity contribution is 0.450. The summed E-state index contributed by atoms with van der Waals surface area (Å²) in [5.74, 6) is 2.01. The molecule has 1 aromatic rings. The van der Waals surface area contributed by atoms with Crippen molar-refractivity contribution in [2.45, 2.75) is 50.6 Å². The Kier molecular flexibility index (Phi) is 2.64. The van der Waals surface area contributed by atoms with Crippen LogP contribution in [0, 0.1) is 12.2 Å². The van der Waals surface area contributed by atoms with E-state index in [1.165, 1.54) is 44.2 Å². The molecule has 4 heteroatoms. The largest absolute Gasteiger partial charge is 0.368 e. The first-order valence-corrected chi connectivity index (χ1v) is 7.57. The van der Waals surface area contributed by atoms with E-state index in [0.29, 0.717) is 12.1 Å². The lowest BCUT2D eigenvalue weighted by atomic mass is 10.0. The van der Waals surface area contributed by atoms with Gasteiger partial charge in [0, 0.05) is 19.6 Å². The molecule has 101 valence electrons. The molecule has 0 bridgehead atoms. The molecule has 3 aliphatic rings. The van der Waals surface area contributed by atoms with E-state index >= 15 is 0 Å². The SMILES string of the molecule is CN1CC(C2CC2)N(C2CCCC2)c2n[c]ncc21. The highest BCUT2D eigenvalue weighted by atomic mass is 15.3. The van der Waals surface area contributed by atoms with Crippen LogP contribution in [0.15, 0.2) is 6.20 Å². The summed E-state index contributed by atoms with van der Waals surface area (Å²) < 4.78 is 0. The molecule has 0 N–H and O–H groups in total. The molecule has 0 spiro atoms. The molecule has 1 atom stereocenters. The van der Waals surface area contributed by atoms with E-state index in [1.807, 2.05) is 6.20 Å². The van der Waals surface area contributed by atoms with E-state index in [9.17, 15) is 0 Å². The van der Waals surface area contributed by atoms with Gasteiger partial charge in [-0.15, -0.1) is 0 Å². The van der Waals surface area contributed by atoms with Gasteiger partial charge in [0.05, 0.1) is 17.9 Å². The lowest BCUT2D eigenvalue weighted by Crippen LogP contribution is -2.53. The Hall–Kier alpha value is -1.32. The summed E-state index contributed by atoms with van der Waals surface area (Å²) in [6.45, 7) is 1.13. The molecule has 0 amide bonds. The molecule has 4 nitrogen and oxygen atoms in total. The number of hydrogen-bond donors (Lipinski definition) is 0. The summed E-state index contributed by atoms with van der Waals surface area (Å²) in [6, 6.07) is 1.35. The first-order valence-electron chi connectivity index (χ1n) is 7.57. The summed E-state index contributed by atoms with van der Waals surface area (Å²) in [5.41, 5.74) is 1.18. The maximum absolute atomic E-state index is 4.50. The van der Waals surface area contributed by atoms with Gasteiger partial charge in [-0.25, -0.2) is 9.97 Å². The van der Waals surface area contributed by atoms with Crippen LogP contribution in [0.2, 0.25) is 0 Å². The van der Waals surface area contributed by atoms with Gasteiger partial charge >= 0.3 is 0 Å². The molecule has 1 radical (unpaired) electrons. The zero-order chi connectivity index (χ0) is 12.8. The van der Waals surface area contributed by atoms with Crippen LogP contribution in [0.4, 0.5) is 11.5 Å². The highest BCUT2D eigenvalue weighted by Crippen LogP contribution is 2.45. The topological polar surface area (TPSA) is 32.3 Å². The Bertz CT molecular complexity index is 465. The Morgan fingerprint density at radius 3 is 2.74 bits per heavy atom. The molecular formula is C15H21N4. The predicted octanol–water partition coefficient (Wildman–Crippen LogP) is 2.25. The fourth-order valence-corrected chi connectivity index (χ4v) is 3.85. The first-order chi connectivity index (χ1) is 9.34. The molecule has 2 fully saturated rings. The van der Waals surface area contributed by atoms with Gasteiger partial charge < -0.3 is 9.80 Å². The van der Waals surface area contributed by atoms with Crippen molar-refractivity contribution < 1.29 is 0 Å². The van der Waals surface area contributed by atoms with E-state index in [1.54, 1.807) is 0 Å². The van der Waals surface area contributed by atoms with Crippen LogP contribution < -0.4 is 9.80 Å². The average molecular weight is 257 g/mol. The van der Waals surface area contributed by atoms with Crippen LogP contribution in [0.1, 0.15) is 38.5 Å². The van der Waals surface area contributed by atoms with Gasteiger partial charge in [0.25, 0.3) is 0 Å². The molecule has 4 rings (SSSR count). The number of aromatic nitrogens is 2. The number of nitrogens with zero attached hydrogens (tertiary/aromatic N) is 4. The molecule has 1 unspecified atom stereocenters. The molecule has 19 heavy (non-hydrogen) atoms. The summed E-state index contributed by atoms with van der Waals surface area (Å²) in [4.78, 5) is 13.6. The van der Waals surface area contributed by atoms with Gasteiger partial charge in [-0.3, -0.25) is 0 Å². The van der Waals surface area contributed by atoms with Gasteiger partial charge in [0.2, 0.25) is 0 Å². The van der Waals surface area contributed by atoms with Crippen molar-refractivity contribution in [3.63, 3.8) is 0 Å². The van der Waals surface area contributed by atoms with Crippen LogP contribution in [-0.2, 0) is 0 Å². The second-order valence-corrected chi connectivity index (χ2v) is 6.31. The maximum Gasteiger partial charge on any atom is 0.199 e. The van der Waals surface area contributed by atoms with Gasteiger partial charge in [0.1, 0.15) is 0 Å². The number of fused-ring (bicyclic) bond motifs is 1. The van der Waals surface area contributed by atoms with Crippen molar-refractivity contribution in [3.8, 4) is 0 Å². The highest BCUT2D eigenvalue weighted by molar-refractivity contribution is 5.69. The smallest absolute Gasteiger partial charge is 0.199 e. The average Bonchev–Trinajstić information content (AvgIpc) is 3.15. The first kappa shape index (κ1) is 11.5. The van der Waals surface area contributed by atoms with Crippen molar-refractivity contribution in [1.82, 2.24) is 9.97 Å². The van der Waals surface area contributed by atoms with Crippen LogP contribution in [0.5, 0.6) is 0 Å². The van der Waals surface area contributed by atoms with Gasteiger partial charge in [-0.1, -0.05) is 12.8 Å². The van der Waals surface area contributed by atoms with Crippen molar-refractivity contribution in [2.24, 2.45) is 5.92 Å². The number of likely N-dealkylation sites (N-methyl/N-ethyl adjacent to an activating group) is 1. The van der Waals surface area contributed by atoms with E-state index in [0.717, 1.165) is 18.3 Å².